The largest absolute Gasteiger partial charge is 0.302 e. The van der Waals surface area contributed by atoms with E-state index in [1.54, 1.807) is 45.8 Å². The summed E-state index contributed by atoms with van der Waals surface area (Å²) in [5, 5.41) is 1.26. The van der Waals surface area contributed by atoms with E-state index >= 15 is 0 Å². The third-order valence-electron chi connectivity index (χ3n) is 8.71. The highest BCUT2D eigenvalue weighted by Crippen LogP contribution is 2.21. The van der Waals surface area contributed by atoms with Crippen molar-refractivity contribution in [2.45, 2.75) is 40.8 Å². The van der Waals surface area contributed by atoms with Crippen molar-refractivity contribution in [1.82, 2.24) is 38.9 Å². The van der Waals surface area contributed by atoms with Gasteiger partial charge in [-0.3, -0.25) is 18.7 Å². The molecule has 0 saturated carbocycles. The second-order valence-corrected chi connectivity index (χ2v) is 12.5. The van der Waals surface area contributed by atoms with Gasteiger partial charge in [0.25, 0.3) is 11.1 Å². The van der Waals surface area contributed by atoms with Crippen LogP contribution in [0.25, 0.3) is 44.8 Å². The zero-order chi connectivity index (χ0) is 35.6. The Labute approximate surface area is 302 Å². The van der Waals surface area contributed by atoms with Gasteiger partial charge >= 0.3 is 0 Å². The van der Waals surface area contributed by atoms with Crippen molar-refractivity contribution in [2.24, 2.45) is 0 Å². The van der Waals surface area contributed by atoms with Crippen molar-refractivity contribution in [1.29, 1.82) is 0 Å². The van der Waals surface area contributed by atoms with E-state index < -0.39 is 0 Å². The number of hydrogen-bond donors (Lipinski definition) is 0. The summed E-state index contributed by atoms with van der Waals surface area (Å²) in [7, 11) is 0. The third kappa shape index (κ3) is 8.62. The lowest BCUT2D eigenvalue weighted by atomic mass is 10.1. The van der Waals surface area contributed by atoms with E-state index in [-0.39, 0.29) is 11.1 Å². The van der Waals surface area contributed by atoms with Crippen LogP contribution in [0.15, 0.2) is 94.8 Å². The fraction of sp³-hybridized carbons (Fsp3) is 0.316. The standard InChI is InChI=1S/2C19H21ClN4O/c2*1-3-23(4-2)12-13-24-18-16(6-5-11-21-18)22-17(19(24)25)14-7-9-15(20)10-8-14/h2*5-11H,3-4,12-13H2,1-2H3. The number of aromatic nitrogens is 6. The van der Waals surface area contributed by atoms with Gasteiger partial charge in [0, 0.05) is 59.7 Å². The molecule has 0 fully saturated rings. The van der Waals surface area contributed by atoms with Crippen LogP contribution in [0.1, 0.15) is 27.7 Å². The predicted molar refractivity (Wildman–Crippen MR) is 204 cm³/mol. The zero-order valence-corrected chi connectivity index (χ0v) is 30.4. The molecule has 4 heterocycles. The summed E-state index contributed by atoms with van der Waals surface area (Å²) in [5.74, 6) is 0. The highest BCUT2D eigenvalue weighted by molar-refractivity contribution is 6.30. The fourth-order valence-corrected chi connectivity index (χ4v) is 5.97. The van der Waals surface area contributed by atoms with Gasteiger partial charge in [-0.2, -0.15) is 0 Å². The molecule has 4 aromatic heterocycles. The molecule has 0 bridgehead atoms. The monoisotopic (exact) mass is 712 g/mol. The molecular formula is C38H42Cl2N8O2. The average molecular weight is 714 g/mol. The van der Waals surface area contributed by atoms with E-state index in [0.29, 0.717) is 56.9 Å². The normalized spacial score (nSPS) is 11.4. The van der Waals surface area contributed by atoms with E-state index in [1.165, 1.54) is 0 Å². The van der Waals surface area contributed by atoms with E-state index in [9.17, 15) is 9.59 Å². The Morgan fingerprint density at radius 3 is 1.26 bits per heavy atom. The van der Waals surface area contributed by atoms with Crippen LogP contribution in [0.2, 0.25) is 10.0 Å². The second-order valence-electron chi connectivity index (χ2n) is 11.6. The molecule has 0 unspecified atom stereocenters. The highest BCUT2D eigenvalue weighted by Gasteiger charge is 2.16. The molecule has 0 N–H and O–H groups in total. The molecule has 6 rings (SSSR count). The molecular weight excluding hydrogens is 671 g/mol. The van der Waals surface area contributed by atoms with Gasteiger partial charge in [0.1, 0.15) is 22.4 Å². The second kappa shape index (κ2) is 17.4. The van der Waals surface area contributed by atoms with Gasteiger partial charge in [0.2, 0.25) is 0 Å². The minimum atomic E-state index is -0.124. The van der Waals surface area contributed by atoms with Gasteiger partial charge in [-0.25, -0.2) is 19.9 Å². The minimum Gasteiger partial charge on any atom is -0.302 e. The van der Waals surface area contributed by atoms with Gasteiger partial charge in [0.05, 0.1) is 0 Å². The van der Waals surface area contributed by atoms with E-state index in [1.807, 2.05) is 48.5 Å². The molecule has 0 aliphatic rings. The summed E-state index contributed by atoms with van der Waals surface area (Å²) < 4.78 is 3.45. The van der Waals surface area contributed by atoms with Crippen LogP contribution in [0, 0.1) is 0 Å². The van der Waals surface area contributed by atoms with Crippen LogP contribution in [0.3, 0.4) is 0 Å². The van der Waals surface area contributed by atoms with E-state index in [0.717, 1.165) is 50.4 Å². The Balaban J connectivity index is 0.000000194. The Morgan fingerprint density at radius 2 is 0.920 bits per heavy atom. The number of hydrogen-bond acceptors (Lipinski definition) is 8. The molecule has 0 amide bonds. The van der Waals surface area contributed by atoms with Crippen LogP contribution in [-0.4, -0.2) is 78.1 Å². The zero-order valence-electron chi connectivity index (χ0n) is 28.9. The number of fused-ring (bicyclic) bond motifs is 2. The maximum absolute atomic E-state index is 13.1. The number of pyridine rings is 2. The first kappa shape index (κ1) is 36.8. The highest BCUT2D eigenvalue weighted by atomic mass is 35.5. The maximum atomic E-state index is 13.1. The first-order valence-corrected chi connectivity index (χ1v) is 17.7. The van der Waals surface area contributed by atoms with Gasteiger partial charge in [-0.05, 0) is 74.7 Å². The minimum absolute atomic E-state index is 0.124. The molecule has 12 heteroatoms. The lowest BCUT2D eigenvalue weighted by molar-refractivity contribution is 0.290. The first-order valence-electron chi connectivity index (χ1n) is 17.0. The predicted octanol–water partition coefficient (Wildman–Crippen LogP) is 6.91. The first-order chi connectivity index (χ1) is 24.3. The molecule has 260 valence electrons. The van der Waals surface area contributed by atoms with Crippen molar-refractivity contribution in [3.63, 3.8) is 0 Å². The van der Waals surface area contributed by atoms with Crippen molar-refractivity contribution < 1.29 is 0 Å². The summed E-state index contributed by atoms with van der Waals surface area (Å²) in [4.78, 5) is 48.6. The Hall–Kier alpha value is -4.48. The molecule has 0 aliphatic carbocycles. The van der Waals surface area contributed by atoms with Crippen molar-refractivity contribution in [2.75, 3.05) is 39.3 Å². The molecule has 10 nitrogen and oxygen atoms in total. The summed E-state index contributed by atoms with van der Waals surface area (Å²) in [5.41, 5.74) is 4.80. The molecule has 0 spiro atoms. The summed E-state index contributed by atoms with van der Waals surface area (Å²) in [6.07, 6.45) is 3.39. The quantitative estimate of drug-likeness (QED) is 0.135. The summed E-state index contributed by atoms with van der Waals surface area (Å²) in [6.45, 7) is 15.0. The third-order valence-corrected chi connectivity index (χ3v) is 9.21. The van der Waals surface area contributed by atoms with Crippen LogP contribution in [-0.2, 0) is 13.1 Å². The fourth-order valence-electron chi connectivity index (χ4n) is 5.72. The number of rotatable bonds is 12. The van der Waals surface area contributed by atoms with E-state index in [4.69, 9.17) is 23.2 Å². The molecule has 2 aromatic carbocycles. The number of nitrogens with zero attached hydrogens (tertiary/aromatic N) is 8. The topological polar surface area (TPSA) is 102 Å². The molecule has 0 aliphatic heterocycles. The van der Waals surface area contributed by atoms with Gasteiger partial charge in [0.15, 0.2) is 11.3 Å². The Bertz CT molecular complexity index is 1990. The molecule has 50 heavy (non-hydrogen) atoms. The number of likely N-dealkylation sites (N-methyl/N-ethyl adjacent to an activating group) is 2. The Morgan fingerprint density at radius 1 is 0.560 bits per heavy atom. The van der Waals surface area contributed by atoms with Crippen molar-refractivity contribution >= 4 is 45.5 Å². The lowest BCUT2D eigenvalue weighted by Crippen LogP contribution is -2.32. The van der Waals surface area contributed by atoms with E-state index in [2.05, 4.69) is 57.4 Å². The lowest BCUT2D eigenvalue weighted by Gasteiger charge is -2.19. The van der Waals surface area contributed by atoms with Crippen molar-refractivity contribution in [3.05, 3.63) is 116 Å². The number of halogens is 2. The molecule has 6 aromatic rings. The molecule has 0 radical (unpaired) electrons. The maximum Gasteiger partial charge on any atom is 0.278 e. The van der Waals surface area contributed by atoms with Gasteiger partial charge in [-0.1, -0.05) is 75.2 Å². The SMILES string of the molecule is CCN(CC)CCn1c(=O)c(-c2ccc(Cl)cc2)nc2cccnc21.CCN(CC)CCn1c(=O)c(-c2ccc(Cl)cc2)nc2cccnc21. The Kier molecular flexibility index (Phi) is 12.8. The average Bonchev–Trinajstić information content (AvgIpc) is 3.14. The van der Waals surface area contributed by atoms with Crippen LogP contribution < -0.4 is 11.1 Å². The van der Waals surface area contributed by atoms with Crippen LogP contribution in [0.5, 0.6) is 0 Å². The molecule has 0 atom stereocenters. The summed E-state index contributed by atoms with van der Waals surface area (Å²) >= 11 is 11.9. The summed E-state index contributed by atoms with van der Waals surface area (Å²) in [6, 6.07) is 21.8. The van der Waals surface area contributed by atoms with Gasteiger partial charge in [-0.15, -0.1) is 0 Å². The van der Waals surface area contributed by atoms with Crippen LogP contribution in [0.4, 0.5) is 0 Å². The smallest absolute Gasteiger partial charge is 0.278 e. The number of benzene rings is 2. The molecule has 0 saturated heterocycles. The van der Waals surface area contributed by atoms with Gasteiger partial charge < -0.3 is 9.80 Å². The van der Waals surface area contributed by atoms with Crippen LogP contribution >= 0.6 is 23.2 Å². The van der Waals surface area contributed by atoms with Crippen molar-refractivity contribution in [3.8, 4) is 22.5 Å².